The molecule has 0 aliphatic carbocycles. The fourth-order valence-corrected chi connectivity index (χ4v) is 9.01. The third-order valence-corrected chi connectivity index (χ3v) is 10.4. The average molecular weight is 516 g/mol. The molecule has 36 heavy (non-hydrogen) atoms. The number of fused-ring (bicyclic) bond motifs is 1. The normalized spacial score (nSPS) is 31.3. The molecule has 7 atom stereocenters. The van der Waals surface area contributed by atoms with Gasteiger partial charge in [-0.2, -0.15) is 0 Å². The summed E-state index contributed by atoms with van der Waals surface area (Å²) in [6.45, 7) is 13.5. The Balaban J connectivity index is 1.78. The van der Waals surface area contributed by atoms with Crippen molar-refractivity contribution >= 4 is 40.9 Å². The lowest BCUT2D eigenvalue weighted by molar-refractivity contribution is -0.149. The van der Waals surface area contributed by atoms with E-state index in [1.807, 2.05) is 31.2 Å². The maximum Gasteiger partial charge on any atom is 0.308 e. The molecule has 3 aliphatic heterocycles. The van der Waals surface area contributed by atoms with Crippen molar-refractivity contribution in [1.82, 2.24) is 4.90 Å². The molecule has 3 heterocycles. The van der Waals surface area contributed by atoms with Gasteiger partial charge in [0.1, 0.15) is 6.04 Å². The highest BCUT2D eigenvalue weighted by molar-refractivity contribution is 8.02. The third kappa shape index (κ3) is 3.82. The van der Waals surface area contributed by atoms with Gasteiger partial charge in [-0.15, -0.1) is 18.3 Å². The van der Waals surface area contributed by atoms with Gasteiger partial charge in [0.15, 0.2) is 0 Å². The summed E-state index contributed by atoms with van der Waals surface area (Å²) < 4.78 is -0.841. The van der Waals surface area contributed by atoms with Crippen molar-refractivity contribution in [3.8, 4) is 0 Å². The van der Waals surface area contributed by atoms with Crippen molar-refractivity contribution in [2.45, 2.75) is 56.2 Å². The number of thioether (sulfide) groups is 1. The van der Waals surface area contributed by atoms with E-state index < -0.39 is 34.6 Å². The second-order valence-electron chi connectivity index (χ2n) is 10.1. The Morgan fingerprint density at radius 2 is 1.86 bits per heavy atom. The van der Waals surface area contributed by atoms with Gasteiger partial charge < -0.3 is 24.9 Å². The number of aliphatic hydroxyl groups is 1. The maximum atomic E-state index is 14.4. The van der Waals surface area contributed by atoms with Gasteiger partial charge in [-0.25, -0.2) is 0 Å². The molecule has 0 saturated carbocycles. The minimum absolute atomic E-state index is 0.0162. The van der Waals surface area contributed by atoms with E-state index in [0.717, 1.165) is 18.8 Å². The largest absolute Gasteiger partial charge is 0.481 e. The van der Waals surface area contributed by atoms with Crippen LogP contribution in [-0.2, 0) is 14.4 Å². The Morgan fingerprint density at radius 1 is 1.25 bits per heavy atom. The predicted molar refractivity (Wildman–Crippen MR) is 142 cm³/mol. The number of carbonyl (C=O) groups excluding carboxylic acids is 2. The second kappa shape index (κ2) is 10.1. The molecular formula is C27H37N3O5S. The molecule has 3 aliphatic rings. The monoisotopic (exact) mass is 515 g/mol. The number of nitrogens with zero attached hydrogens (tertiary/aromatic N) is 3. The van der Waals surface area contributed by atoms with Crippen LogP contribution in [0.3, 0.4) is 0 Å². The van der Waals surface area contributed by atoms with Gasteiger partial charge in [0, 0.05) is 36.3 Å². The van der Waals surface area contributed by atoms with Crippen LogP contribution in [0.5, 0.6) is 0 Å². The number of amides is 2. The zero-order valence-electron chi connectivity index (χ0n) is 21.5. The molecule has 9 heteroatoms. The highest BCUT2D eigenvalue weighted by Crippen LogP contribution is 2.68. The van der Waals surface area contributed by atoms with Gasteiger partial charge in [0.25, 0.3) is 5.91 Å². The Kier molecular flexibility index (Phi) is 7.44. The first-order chi connectivity index (χ1) is 17.2. The molecule has 0 aromatic heterocycles. The third-order valence-electron chi connectivity index (χ3n) is 8.31. The van der Waals surface area contributed by atoms with Crippen LogP contribution in [0.15, 0.2) is 36.9 Å². The molecule has 3 fully saturated rings. The minimum Gasteiger partial charge on any atom is -0.481 e. The maximum absolute atomic E-state index is 14.4. The number of hydrogen-bond acceptors (Lipinski definition) is 6. The van der Waals surface area contributed by atoms with Crippen molar-refractivity contribution in [2.75, 3.05) is 36.0 Å². The van der Waals surface area contributed by atoms with Crippen LogP contribution in [0, 0.1) is 17.8 Å². The van der Waals surface area contributed by atoms with Crippen LogP contribution >= 0.6 is 11.8 Å². The van der Waals surface area contributed by atoms with Crippen molar-refractivity contribution in [2.24, 2.45) is 17.8 Å². The van der Waals surface area contributed by atoms with Crippen LogP contribution < -0.4 is 9.80 Å². The van der Waals surface area contributed by atoms with Crippen molar-refractivity contribution in [3.63, 3.8) is 0 Å². The van der Waals surface area contributed by atoms with Crippen molar-refractivity contribution < 1.29 is 24.6 Å². The number of rotatable bonds is 10. The number of aliphatic carboxylic acids is 1. The number of anilines is 2. The summed E-state index contributed by atoms with van der Waals surface area (Å²) in [5.41, 5.74) is 1.75. The summed E-state index contributed by atoms with van der Waals surface area (Å²) in [6, 6.07) is 6.31. The molecule has 8 nitrogen and oxygen atoms in total. The molecule has 2 amide bonds. The quantitative estimate of drug-likeness (QED) is 0.462. The standard InChI is InChI=1S/C27H37N3O5S/c1-6-13-29(19-11-9-18(10-12-19)28(7-2)8-3)25(33)23-27-16(4)14-20(36-27)21(26(34)35)22(27)24(32)30(23)17(5)15-31/h6,9-12,16-17,20-23,31H,1,7-8,13-15H2,2-5H3,(H,34,35)/t16?,17-,20+,21-,22+,23?,27?/m1/s1. The highest BCUT2D eigenvalue weighted by Gasteiger charge is 2.76. The Hall–Kier alpha value is -2.52. The lowest BCUT2D eigenvalue weighted by atomic mass is 9.66. The van der Waals surface area contributed by atoms with Gasteiger partial charge >= 0.3 is 5.97 Å². The summed E-state index contributed by atoms with van der Waals surface area (Å²) in [7, 11) is 0. The van der Waals surface area contributed by atoms with E-state index in [4.69, 9.17) is 0 Å². The SMILES string of the molecule is C=CCN(C(=O)C1N([C@H](C)CO)C(=O)[C@@H]2[C@H](C(=O)O)[C@@H]3CC(C)C12S3)c1ccc(N(CC)CC)cc1. The van der Waals surface area contributed by atoms with E-state index in [0.29, 0.717) is 12.1 Å². The number of hydrogen-bond donors (Lipinski definition) is 2. The molecule has 2 bridgehead atoms. The van der Waals surface area contributed by atoms with E-state index in [9.17, 15) is 24.6 Å². The summed E-state index contributed by atoms with van der Waals surface area (Å²) in [5.74, 6) is -3.21. The molecule has 196 valence electrons. The summed E-state index contributed by atoms with van der Waals surface area (Å²) in [6.07, 6.45) is 2.31. The molecule has 2 N–H and O–H groups in total. The van der Waals surface area contributed by atoms with Gasteiger partial charge in [-0.05, 0) is 57.4 Å². The molecule has 3 unspecified atom stereocenters. The van der Waals surface area contributed by atoms with E-state index in [2.05, 4.69) is 25.3 Å². The number of benzene rings is 1. The van der Waals surface area contributed by atoms with E-state index in [-0.39, 0.29) is 36.1 Å². The van der Waals surface area contributed by atoms with E-state index >= 15 is 0 Å². The second-order valence-corrected chi connectivity index (χ2v) is 11.6. The van der Waals surface area contributed by atoms with Crippen LogP contribution in [-0.4, -0.2) is 81.2 Å². The first-order valence-corrected chi connectivity index (χ1v) is 13.7. The molecule has 0 radical (unpaired) electrons. The molecule has 1 spiro atoms. The lowest BCUT2D eigenvalue weighted by Crippen LogP contribution is -2.59. The summed E-state index contributed by atoms with van der Waals surface area (Å²) >= 11 is 1.50. The van der Waals surface area contributed by atoms with Crippen LogP contribution in [0.25, 0.3) is 0 Å². The van der Waals surface area contributed by atoms with Crippen LogP contribution in [0.1, 0.15) is 34.1 Å². The van der Waals surface area contributed by atoms with Crippen molar-refractivity contribution in [3.05, 3.63) is 36.9 Å². The molecule has 1 aromatic carbocycles. The molecule has 3 saturated heterocycles. The number of aliphatic hydroxyl groups excluding tert-OH is 1. The lowest BCUT2D eigenvalue weighted by Gasteiger charge is -2.41. The first-order valence-electron chi connectivity index (χ1n) is 12.8. The summed E-state index contributed by atoms with van der Waals surface area (Å²) in [5, 5.41) is 19.8. The van der Waals surface area contributed by atoms with Crippen LogP contribution in [0.2, 0.25) is 0 Å². The Morgan fingerprint density at radius 3 is 2.39 bits per heavy atom. The van der Waals surface area contributed by atoms with Crippen molar-refractivity contribution in [1.29, 1.82) is 0 Å². The predicted octanol–water partition coefficient (Wildman–Crippen LogP) is 2.85. The number of likely N-dealkylation sites (tertiary alicyclic amines) is 1. The molecule has 1 aromatic rings. The first kappa shape index (κ1) is 26.5. The zero-order valence-corrected chi connectivity index (χ0v) is 22.3. The van der Waals surface area contributed by atoms with Gasteiger partial charge in [-0.3, -0.25) is 14.4 Å². The highest BCUT2D eigenvalue weighted by atomic mass is 32.2. The van der Waals surface area contributed by atoms with E-state index in [1.165, 1.54) is 16.7 Å². The topological polar surface area (TPSA) is 101 Å². The van der Waals surface area contributed by atoms with E-state index in [1.54, 1.807) is 17.9 Å². The Bertz CT molecular complexity index is 1030. The number of carbonyl (C=O) groups is 3. The Labute approximate surface area is 217 Å². The summed E-state index contributed by atoms with van der Waals surface area (Å²) in [4.78, 5) is 45.8. The van der Waals surface area contributed by atoms with Crippen LogP contribution in [0.4, 0.5) is 11.4 Å². The fraction of sp³-hybridized carbons (Fsp3) is 0.593. The number of carboxylic acid groups (broad SMARTS) is 1. The zero-order chi connectivity index (χ0) is 26.4. The van der Waals surface area contributed by atoms with Gasteiger partial charge in [0.2, 0.25) is 5.91 Å². The average Bonchev–Trinajstić information content (AvgIpc) is 3.46. The van der Waals surface area contributed by atoms with Gasteiger partial charge in [0.05, 0.1) is 29.2 Å². The molecule has 4 rings (SSSR count). The fourth-order valence-electron chi connectivity index (χ4n) is 6.61. The van der Waals surface area contributed by atoms with Gasteiger partial charge in [-0.1, -0.05) is 13.0 Å². The smallest absolute Gasteiger partial charge is 0.308 e. The number of carboxylic acids is 1. The minimum atomic E-state index is -0.987. The molecular weight excluding hydrogens is 478 g/mol.